The maximum absolute atomic E-state index is 9.86. The minimum atomic E-state index is 0.00807. The van der Waals surface area contributed by atoms with Crippen molar-refractivity contribution < 1.29 is 5.11 Å². The van der Waals surface area contributed by atoms with E-state index in [1.165, 1.54) is 22.3 Å². The fourth-order valence-electron chi connectivity index (χ4n) is 3.50. The number of aliphatic hydroxyl groups is 1. The Morgan fingerprint density at radius 3 is 2.91 bits per heavy atom. The maximum Gasteiger partial charge on any atom is 0.0767 e. The summed E-state index contributed by atoms with van der Waals surface area (Å²) in [5.41, 5.74) is 7.87. The van der Waals surface area contributed by atoms with Crippen molar-refractivity contribution in [2.45, 2.75) is 26.5 Å². The van der Waals surface area contributed by atoms with E-state index in [-0.39, 0.29) is 6.61 Å². The molecule has 3 aromatic rings. The Balaban J connectivity index is 2.00. The third-order valence-electron chi connectivity index (χ3n) is 4.69. The quantitative estimate of drug-likeness (QED) is 0.763. The van der Waals surface area contributed by atoms with Crippen LogP contribution in [0.15, 0.2) is 42.5 Å². The maximum atomic E-state index is 9.86. The summed E-state index contributed by atoms with van der Waals surface area (Å²) in [4.78, 5) is 4.94. The van der Waals surface area contributed by atoms with Gasteiger partial charge >= 0.3 is 0 Å². The van der Waals surface area contributed by atoms with Crippen LogP contribution < -0.4 is 5.32 Å². The van der Waals surface area contributed by atoms with Crippen LogP contribution in [0.3, 0.4) is 0 Å². The van der Waals surface area contributed by atoms with E-state index < -0.39 is 0 Å². The highest BCUT2D eigenvalue weighted by Crippen LogP contribution is 2.32. The van der Waals surface area contributed by atoms with Crippen LogP contribution in [-0.4, -0.2) is 16.6 Å². The molecule has 23 heavy (non-hydrogen) atoms. The molecule has 2 N–H and O–H groups in total. The molecule has 0 bridgehead atoms. The van der Waals surface area contributed by atoms with Crippen LogP contribution in [0.25, 0.3) is 22.2 Å². The molecule has 0 fully saturated rings. The topological polar surface area (TPSA) is 45.1 Å². The van der Waals surface area contributed by atoms with Crippen molar-refractivity contribution in [2.75, 3.05) is 6.54 Å². The lowest BCUT2D eigenvalue weighted by molar-refractivity contribution is 0.282. The molecular weight excluding hydrogens is 284 g/mol. The Morgan fingerprint density at radius 2 is 2.04 bits per heavy atom. The van der Waals surface area contributed by atoms with Gasteiger partial charge < -0.3 is 10.4 Å². The molecule has 2 aromatic carbocycles. The summed E-state index contributed by atoms with van der Waals surface area (Å²) in [6.07, 6.45) is 1.00. The number of hydrogen-bond acceptors (Lipinski definition) is 3. The first-order chi connectivity index (χ1) is 11.3. The van der Waals surface area contributed by atoms with Crippen molar-refractivity contribution in [1.29, 1.82) is 0 Å². The second-order valence-corrected chi connectivity index (χ2v) is 6.17. The SMILES string of the molecule is Cc1cccc2cc(CO)c(-c3cccc4c3CCNC4)nc12. The van der Waals surface area contributed by atoms with Crippen molar-refractivity contribution in [3.63, 3.8) is 0 Å². The van der Waals surface area contributed by atoms with Gasteiger partial charge in [0.25, 0.3) is 0 Å². The summed E-state index contributed by atoms with van der Waals surface area (Å²) < 4.78 is 0. The fourth-order valence-corrected chi connectivity index (χ4v) is 3.50. The molecule has 116 valence electrons. The summed E-state index contributed by atoms with van der Waals surface area (Å²) in [5.74, 6) is 0. The molecule has 0 saturated carbocycles. The van der Waals surface area contributed by atoms with Crippen LogP contribution in [0.2, 0.25) is 0 Å². The van der Waals surface area contributed by atoms with Crippen LogP contribution in [0.4, 0.5) is 0 Å². The fraction of sp³-hybridized carbons (Fsp3) is 0.250. The lowest BCUT2D eigenvalue weighted by Crippen LogP contribution is -2.24. The first-order valence-corrected chi connectivity index (χ1v) is 8.10. The number of aryl methyl sites for hydroxylation is 1. The smallest absolute Gasteiger partial charge is 0.0767 e. The van der Waals surface area contributed by atoms with Crippen molar-refractivity contribution in [2.24, 2.45) is 0 Å². The molecule has 0 spiro atoms. The van der Waals surface area contributed by atoms with Crippen LogP contribution in [0.5, 0.6) is 0 Å². The van der Waals surface area contributed by atoms with Crippen LogP contribution >= 0.6 is 0 Å². The third-order valence-corrected chi connectivity index (χ3v) is 4.69. The lowest BCUT2D eigenvalue weighted by Gasteiger charge is -2.21. The average molecular weight is 304 g/mol. The number of fused-ring (bicyclic) bond motifs is 2. The second-order valence-electron chi connectivity index (χ2n) is 6.17. The van der Waals surface area contributed by atoms with Gasteiger partial charge in [0, 0.05) is 23.1 Å². The van der Waals surface area contributed by atoms with Gasteiger partial charge in [0.15, 0.2) is 0 Å². The molecule has 0 amide bonds. The van der Waals surface area contributed by atoms with Gasteiger partial charge in [-0.3, -0.25) is 0 Å². The normalized spacial score (nSPS) is 14.0. The largest absolute Gasteiger partial charge is 0.392 e. The standard InChI is InChI=1S/C20H20N2O/c1-13-4-2-5-14-10-16(12-23)20(22-19(13)14)18-7-3-6-15-11-21-9-8-17(15)18/h2-7,10,21,23H,8-9,11-12H2,1H3. The van der Waals surface area contributed by atoms with E-state index in [4.69, 9.17) is 4.98 Å². The van der Waals surface area contributed by atoms with Crippen LogP contribution in [0.1, 0.15) is 22.3 Å². The molecule has 1 aromatic heterocycles. The monoisotopic (exact) mass is 304 g/mol. The summed E-state index contributed by atoms with van der Waals surface area (Å²) >= 11 is 0. The highest BCUT2D eigenvalue weighted by atomic mass is 16.3. The summed E-state index contributed by atoms with van der Waals surface area (Å²) in [6, 6.07) is 14.7. The zero-order valence-electron chi connectivity index (χ0n) is 13.3. The van der Waals surface area contributed by atoms with E-state index in [9.17, 15) is 5.11 Å². The van der Waals surface area contributed by atoms with Gasteiger partial charge in [-0.2, -0.15) is 0 Å². The predicted molar refractivity (Wildman–Crippen MR) is 93.2 cm³/mol. The number of hydrogen-bond donors (Lipinski definition) is 2. The zero-order chi connectivity index (χ0) is 15.8. The average Bonchev–Trinajstić information content (AvgIpc) is 2.60. The van der Waals surface area contributed by atoms with Crippen molar-refractivity contribution in [1.82, 2.24) is 10.3 Å². The summed E-state index contributed by atoms with van der Waals surface area (Å²) in [7, 11) is 0. The molecule has 1 aliphatic rings. The molecule has 1 aliphatic heterocycles. The molecular formula is C20H20N2O. The Bertz CT molecular complexity index is 886. The number of rotatable bonds is 2. The lowest BCUT2D eigenvalue weighted by atomic mass is 9.91. The third kappa shape index (κ3) is 2.42. The van der Waals surface area contributed by atoms with E-state index >= 15 is 0 Å². The number of pyridine rings is 1. The molecule has 3 nitrogen and oxygen atoms in total. The molecule has 3 heteroatoms. The van der Waals surface area contributed by atoms with Gasteiger partial charge in [0.1, 0.15) is 0 Å². The Morgan fingerprint density at radius 1 is 1.17 bits per heavy atom. The van der Waals surface area contributed by atoms with Gasteiger partial charge in [0.2, 0.25) is 0 Å². The summed E-state index contributed by atoms with van der Waals surface area (Å²) in [6.45, 7) is 3.99. The molecule has 0 radical (unpaired) electrons. The van der Waals surface area contributed by atoms with Crippen LogP contribution in [-0.2, 0) is 19.6 Å². The number of nitrogens with zero attached hydrogens (tertiary/aromatic N) is 1. The van der Waals surface area contributed by atoms with E-state index in [2.05, 4.69) is 48.6 Å². The first-order valence-electron chi connectivity index (χ1n) is 8.10. The Hall–Kier alpha value is -2.23. The van der Waals surface area contributed by atoms with Crippen molar-refractivity contribution >= 4 is 10.9 Å². The molecule has 0 unspecified atom stereocenters. The molecule has 2 heterocycles. The van der Waals surface area contributed by atoms with Gasteiger partial charge in [-0.15, -0.1) is 0 Å². The Kier molecular flexibility index (Phi) is 3.60. The van der Waals surface area contributed by atoms with Crippen molar-refractivity contribution in [3.8, 4) is 11.3 Å². The second kappa shape index (κ2) is 5.76. The van der Waals surface area contributed by atoms with Gasteiger partial charge in [0.05, 0.1) is 17.8 Å². The molecule has 0 saturated heterocycles. The zero-order valence-corrected chi connectivity index (χ0v) is 13.3. The van der Waals surface area contributed by atoms with E-state index in [0.29, 0.717) is 0 Å². The number of para-hydroxylation sites is 1. The summed E-state index contributed by atoms with van der Waals surface area (Å²) in [5, 5.41) is 14.4. The predicted octanol–water partition coefficient (Wildman–Crippen LogP) is 3.35. The number of aliphatic hydroxyl groups excluding tert-OH is 1. The van der Waals surface area contributed by atoms with E-state index in [1.54, 1.807) is 0 Å². The minimum absolute atomic E-state index is 0.00807. The first kappa shape index (κ1) is 14.4. The Labute approximate surface area is 136 Å². The highest BCUT2D eigenvalue weighted by Gasteiger charge is 2.17. The van der Waals surface area contributed by atoms with E-state index in [0.717, 1.165) is 41.7 Å². The highest BCUT2D eigenvalue weighted by molar-refractivity contribution is 5.86. The van der Waals surface area contributed by atoms with Gasteiger partial charge in [-0.1, -0.05) is 36.4 Å². The van der Waals surface area contributed by atoms with Gasteiger partial charge in [-0.05, 0) is 42.6 Å². The molecule has 4 rings (SSSR count). The molecule has 0 atom stereocenters. The van der Waals surface area contributed by atoms with Crippen molar-refractivity contribution in [3.05, 3.63) is 64.7 Å². The van der Waals surface area contributed by atoms with E-state index in [1.807, 2.05) is 6.07 Å². The number of benzene rings is 2. The number of aromatic nitrogens is 1. The minimum Gasteiger partial charge on any atom is -0.392 e. The number of nitrogens with one attached hydrogen (secondary N) is 1. The molecule has 0 aliphatic carbocycles. The van der Waals surface area contributed by atoms with Gasteiger partial charge in [-0.25, -0.2) is 4.98 Å². The van der Waals surface area contributed by atoms with Crippen LogP contribution in [0, 0.1) is 6.92 Å².